The molecule has 2 N–H and O–H groups in total. The third-order valence-electron chi connectivity index (χ3n) is 3.08. The molecule has 5 nitrogen and oxygen atoms in total. The number of methoxy groups -OCH3 is 1. The fourth-order valence-corrected chi connectivity index (χ4v) is 2.01. The third-order valence-corrected chi connectivity index (χ3v) is 3.08. The lowest BCUT2D eigenvalue weighted by Gasteiger charge is -2.20. The fraction of sp³-hybridized carbons (Fsp3) is 0.462. The largest absolute Gasteiger partial charge is 0.497 e. The van der Waals surface area contributed by atoms with E-state index in [-0.39, 0.29) is 6.03 Å². The van der Waals surface area contributed by atoms with Gasteiger partial charge < -0.3 is 15.2 Å². The van der Waals surface area contributed by atoms with Gasteiger partial charge >= 0.3 is 6.03 Å². The van der Waals surface area contributed by atoms with Gasteiger partial charge in [-0.05, 0) is 30.5 Å². The van der Waals surface area contributed by atoms with Gasteiger partial charge in [-0.3, -0.25) is 4.90 Å². The number of hydrogen-bond donors (Lipinski definition) is 2. The molecule has 98 valence electrons. The van der Waals surface area contributed by atoms with Crippen LogP contribution in [-0.4, -0.2) is 35.9 Å². The summed E-state index contributed by atoms with van der Waals surface area (Å²) in [6.07, 6.45) is 0.883. The number of rotatable bonds is 3. The Kier molecular flexibility index (Phi) is 4.04. The molecular weight excluding hydrogens is 232 g/mol. The van der Waals surface area contributed by atoms with E-state index < -0.39 is 6.23 Å². The molecule has 0 aliphatic carbocycles. The fourth-order valence-electron chi connectivity index (χ4n) is 2.01. The van der Waals surface area contributed by atoms with Gasteiger partial charge in [0.1, 0.15) is 12.0 Å². The number of amides is 2. The van der Waals surface area contributed by atoms with Crippen LogP contribution < -0.4 is 10.1 Å². The summed E-state index contributed by atoms with van der Waals surface area (Å²) in [5, 5.41) is 12.4. The number of ether oxygens (including phenoxy) is 1. The summed E-state index contributed by atoms with van der Waals surface area (Å²) in [7, 11) is 1.62. The number of aliphatic hydroxyl groups is 1. The van der Waals surface area contributed by atoms with Crippen molar-refractivity contribution in [3.63, 3.8) is 0 Å². The first kappa shape index (κ1) is 12.7. The molecule has 0 radical (unpaired) electrons. The zero-order valence-electron chi connectivity index (χ0n) is 10.4. The van der Waals surface area contributed by atoms with Crippen molar-refractivity contribution in [2.24, 2.45) is 0 Å². The molecule has 1 aliphatic heterocycles. The van der Waals surface area contributed by atoms with Crippen LogP contribution >= 0.6 is 0 Å². The van der Waals surface area contributed by atoms with Gasteiger partial charge in [0.25, 0.3) is 0 Å². The Morgan fingerprint density at radius 2 is 2.22 bits per heavy atom. The standard InChI is InChI=1S/C13H18N2O3/c1-18-11-6-4-10(5-7-11)9-14-13(17)15-8-2-3-12(15)16/h4-7,12,16H,2-3,8-9H2,1H3,(H,14,17). The third kappa shape index (κ3) is 2.92. The van der Waals surface area contributed by atoms with E-state index in [2.05, 4.69) is 5.32 Å². The number of nitrogens with zero attached hydrogens (tertiary/aromatic N) is 1. The van der Waals surface area contributed by atoms with Gasteiger partial charge in [-0.25, -0.2) is 4.79 Å². The number of aliphatic hydroxyl groups excluding tert-OH is 1. The summed E-state index contributed by atoms with van der Waals surface area (Å²) in [6.45, 7) is 1.07. The van der Waals surface area contributed by atoms with E-state index in [1.807, 2.05) is 24.3 Å². The van der Waals surface area contributed by atoms with Crippen molar-refractivity contribution in [3.8, 4) is 5.75 Å². The molecule has 0 saturated carbocycles. The second-order valence-electron chi connectivity index (χ2n) is 4.32. The SMILES string of the molecule is COc1ccc(CNC(=O)N2CCCC2O)cc1. The van der Waals surface area contributed by atoms with Crippen LogP contribution in [0.15, 0.2) is 24.3 Å². The van der Waals surface area contributed by atoms with E-state index in [4.69, 9.17) is 4.74 Å². The highest BCUT2D eigenvalue weighted by molar-refractivity contribution is 5.74. The van der Waals surface area contributed by atoms with Crippen LogP contribution in [0.3, 0.4) is 0 Å². The molecule has 1 fully saturated rings. The summed E-state index contributed by atoms with van der Waals surface area (Å²) in [6, 6.07) is 7.30. The lowest BCUT2D eigenvalue weighted by Crippen LogP contribution is -2.42. The van der Waals surface area contributed by atoms with Crippen LogP contribution in [0.5, 0.6) is 5.75 Å². The molecule has 2 rings (SSSR count). The molecule has 2 amide bonds. The molecule has 0 spiro atoms. The highest BCUT2D eigenvalue weighted by Crippen LogP contribution is 2.15. The van der Waals surface area contributed by atoms with Crippen molar-refractivity contribution in [2.45, 2.75) is 25.6 Å². The molecule has 0 bridgehead atoms. The smallest absolute Gasteiger partial charge is 0.319 e. The number of benzene rings is 1. The summed E-state index contributed by atoms with van der Waals surface area (Å²) in [4.78, 5) is 13.2. The average molecular weight is 250 g/mol. The number of nitrogens with one attached hydrogen (secondary N) is 1. The Balaban J connectivity index is 1.85. The maximum absolute atomic E-state index is 11.8. The van der Waals surface area contributed by atoms with Gasteiger partial charge in [0.15, 0.2) is 0 Å². The highest BCUT2D eigenvalue weighted by Gasteiger charge is 2.26. The van der Waals surface area contributed by atoms with Crippen LogP contribution in [-0.2, 0) is 6.54 Å². The molecule has 1 unspecified atom stereocenters. The Labute approximate surface area is 106 Å². The van der Waals surface area contributed by atoms with Crippen LogP contribution in [0.1, 0.15) is 18.4 Å². The first-order valence-corrected chi connectivity index (χ1v) is 6.06. The number of urea groups is 1. The molecule has 1 aliphatic rings. The Hall–Kier alpha value is -1.75. The summed E-state index contributed by atoms with van der Waals surface area (Å²) >= 11 is 0. The van der Waals surface area contributed by atoms with Gasteiger partial charge in [-0.2, -0.15) is 0 Å². The van der Waals surface area contributed by atoms with Gasteiger partial charge in [0, 0.05) is 13.1 Å². The maximum Gasteiger partial charge on any atom is 0.319 e. The second kappa shape index (κ2) is 5.73. The van der Waals surface area contributed by atoms with Crippen molar-refractivity contribution >= 4 is 6.03 Å². The van der Waals surface area contributed by atoms with E-state index in [1.54, 1.807) is 7.11 Å². The summed E-state index contributed by atoms with van der Waals surface area (Å²) in [5.74, 6) is 0.792. The molecule has 1 atom stereocenters. The second-order valence-corrected chi connectivity index (χ2v) is 4.32. The molecular formula is C13H18N2O3. The van der Waals surface area contributed by atoms with E-state index in [0.717, 1.165) is 17.7 Å². The van der Waals surface area contributed by atoms with Crippen LogP contribution in [0.4, 0.5) is 4.79 Å². The molecule has 1 aromatic rings. The van der Waals surface area contributed by atoms with Crippen molar-refractivity contribution in [3.05, 3.63) is 29.8 Å². The lowest BCUT2D eigenvalue weighted by molar-refractivity contribution is 0.0614. The van der Waals surface area contributed by atoms with Crippen molar-refractivity contribution < 1.29 is 14.6 Å². The van der Waals surface area contributed by atoms with E-state index in [1.165, 1.54) is 4.90 Å². The van der Waals surface area contributed by atoms with Gasteiger partial charge in [-0.15, -0.1) is 0 Å². The first-order valence-electron chi connectivity index (χ1n) is 6.06. The van der Waals surface area contributed by atoms with E-state index in [9.17, 15) is 9.90 Å². The number of carbonyl (C=O) groups is 1. The minimum absolute atomic E-state index is 0.212. The maximum atomic E-state index is 11.8. The molecule has 18 heavy (non-hydrogen) atoms. The Bertz CT molecular complexity index is 405. The van der Waals surface area contributed by atoms with Crippen LogP contribution in [0.25, 0.3) is 0 Å². The molecule has 1 aromatic carbocycles. The van der Waals surface area contributed by atoms with Crippen molar-refractivity contribution in [1.82, 2.24) is 10.2 Å². The number of carbonyl (C=O) groups excluding carboxylic acids is 1. The Morgan fingerprint density at radius 1 is 1.50 bits per heavy atom. The quantitative estimate of drug-likeness (QED) is 0.850. The van der Waals surface area contributed by atoms with Gasteiger partial charge in [0.05, 0.1) is 7.11 Å². The monoisotopic (exact) mass is 250 g/mol. The number of likely N-dealkylation sites (tertiary alicyclic amines) is 1. The molecule has 0 aromatic heterocycles. The lowest BCUT2D eigenvalue weighted by atomic mass is 10.2. The van der Waals surface area contributed by atoms with Gasteiger partial charge in [0.2, 0.25) is 0 Å². The zero-order chi connectivity index (χ0) is 13.0. The normalized spacial score (nSPS) is 18.8. The van der Waals surface area contributed by atoms with Crippen LogP contribution in [0.2, 0.25) is 0 Å². The van der Waals surface area contributed by atoms with E-state index >= 15 is 0 Å². The van der Waals surface area contributed by atoms with Crippen molar-refractivity contribution in [1.29, 1.82) is 0 Å². The average Bonchev–Trinajstić information content (AvgIpc) is 2.83. The molecule has 1 saturated heterocycles. The topological polar surface area (TPSA) is 61.8 Å². The Morgan fingerprint density at radius 3 is 2.78 bits per heavy atom. The zero-order valence-corrected chi connectivity index (χ0v) is 10.4. The highest BCUT2D eigenvalue weighted by atomic mass is 16.5. The molecule has 1 heterocycles. The summed E-state index contributed by atoms with van der Waals surface area (Å²) in [5.41, 5.74) is 0.998. The predicted molar refractivity (Wildman–Crippen MR) is 67.2 cm³/mol. The minimum Gasteiger partial charge on any atom is -0.497 e. The van der Waals surface area contributed by atoms with Gasteiger partial charge in [-0.1, -0.05) is 12.1 Å². The minimum atomic E-state index is -0.638. The molecule has 5 heteroatoms. The summed E-state index contributed by atoms with van der Waals surface area (Å²) < 4.78 is 5.06. The van der Waals surface area contributed by atoms with Crippen molar-refractivity contribution in [2.75, 3.05) is 13.7 Å². The predicted octanol–water partition coefficient (Wildman–Crippen LogP) is 1.32. The first-order chi connectivity index (χ1) is 8.70. The van der Waals surface area contributed by atoms with Crippen LogP contribution in [0, 0.1) is 0 Å². The van der Waals surface area contributed by atoms with E-state index in [0.29, 0.717) is 19.5 Å². The number of hydrogen-bond acceptors (Lipinski definition) is 3.